The van der Waals surface area contributed by atoms with Gasteiger partial charge in [-0.15, -0.1) is 11.3 Å². The standard InChI is InChI=1S/C11H20N2S/c1-11(2,3)10-13-9(8-14-10)6-5-7-12-4/h8,12H,5-7H2,1-4H3. The predicted molar refractivity (Wildman–Crippen MR) is 63.1 cm³/mol. The van der Waals surface area contributed by atoms with Gasteiger partial charge in [0.15, 0.2) is 0 Å². The van der Waals surface area contributed by atoms with Crippen molar-refractivity contribution in [2.24, 2.45) is 0 Å². The molecule has 0 radical (unpaired) electrons. The lowest BCUT2D eigenvalue weighted by Gasteiger charge is -2.13. The monoisotopic (exact) mass is 212 g/mol. The molecule has 0 bridgehead atoms. The normalized spacial score (nSPS) is 12.0. The van der Waals surface area contributed by atoms with Gasteiger partial charge >= 0.3 is 0 Å². The molecule has 14 heavy (non-hydrogen) atoms. The lowest BCUT2D eigenvalue weighted by Crippen LogP contribution is -2.11. The van der Waals surface area contributed by atoms with Crippen molar-refractivity contribution in [1.82, 2.24) is 10.3 Å². The highest BCUT2D eigenvalue weighted by Crippen LogP contribution is 2.25. The smallest absolute Gasteiger partial charge is 0.0981 e. The van der Waals surface area contributed by atoms with Crippen molar-refractivity contribution < 1.29 is 0 Å². The van der Waals surface area contributed by atoms with E-state index in [2.05, 4.69) is 36.5 Å². The van der Waals surface area contributed by atoms with Gasteiger partial charge in [0.2, 0.25) is 0 Å². The zero-order valence-electron chi connectivity index (χ0n) is 9.55. The Kier molecular flexibility index (Phi) is 4.08. The maximum Gasteiger partial charge on any atom is 0.0981 e. The first-order chi connectivity index (χ1) is 6.54. The van der Waals surface area contributed by atoms with Crippen molar-refractivity contribution in [2.45, 2.75) is 39.0 Å². The Morgan fingerprint density at radius 1 is 1.43 bits per heavy atom. The summed E-state index contributed by atoms with van der Waals surface area (Å²) in [5.41, 5.74) is 1.45. The molecule has 0 spiro atoms. The molecule has 0 unspecified atom stereocenters. The van der Waals surface area contributed by atoms with Gasteiger partial charge in [-0.3, -0.25) is 0 Å². The third-order valence-corrected chi connectivity index (χ3v) is 3.37. The SMILES string of the molecule is CNCCCc1csc(C(C)(C)C)n1. The maximum absolute atomic E-state index is 4.64. The summed E-state index contributed by atoms with van der Waals surface area (Å²) in [4.78, 5) is 4.64. The van der Waals surface area contributed by atoms with Gasteiger partial charge in [-0.05, 0) is 26.4 Å². The third kappa shape index (κ3) is 3.39. The molecule has 0 amide bonds. The van der Waals surface area contributed by atoms with Gasteiger partial charge < -0.3 is 5.32 Å². The molecule has 80 valence electrons. The van der Waals surface area contributed by atoms with Crippen LogP contribution in [0.3, 0.4) is 0 Å². The van der Waals surface area contributed by atoms with Crippen LogP contribution in [-0.4, -0.2) is 18.6 Å². The van der Waals surface area contributed by atoms with Gasteiger partial charge in [0.1, 0.15) is 0 Å². The Hall–Kier alpha value is -0.410. The number of aromatic nitrogens is 1. The minimum atomic E-state index is 0.200. The molecule has 1 N–H and O–H groups in total. The molecule has 3 heteroatoms. The number of aryl methyl sites for hydroxylation is 1. The summed E-state index contributed by atoms with van der Waals surface area (Å²) >= 11 is 1.78. The number of nitrogens with zero attached hydrogens (tertiary/aromatic N) is 1. The zero-order chi connectivity index (χ0) is 10.6. The lowest BCUT2D eigenvalue weighted by atomic mass is 9.98. The van der Waals surface area contributed by atoms with E-state index < -0.39 is 0 Å². The molecule has 0 aliphatic rings. The molecule has 0 aliphatic heterocycles. The van der Waals surface area contributed by atoms with Crippen LogP contribution >= 0.6 is 11.3 Å². The second kappa shape index (κ2) is 4.89. The highest BCUT2D eigenvalue weighted by Gasteiger charge is 2.17. The van der Waals surface area contributed by atoms with Gasteiger partial charge in [-0.1, -0.05) is 20.8 Å². The molecule has 0 saturated carbocycles. The molecule has 1 heterocycles. The molecular formula is C11H20N2S. The van der Waals surface area contributed by atoms with Gasteiger partial charge in [0, 0.05) is 10.8 Å². The van der Waals surface area contributed by atoms with Crippen LogP contribution in [-0.2, 0) is 11.8 Å². The summed E-state index contributed by atoms with van der Waals surface area (Å²) in [7, 11) is 1.99. The summed E-state index contributed by atoms with van der Waals surface area (Å²) in [5, 5.41) is 6.59. The largest absolute Gasteiger partial charge is 0.320 e. The average Bonchev–Trinajstić information content (AvgIpc) is 2.52. The summed E-state index contributed by atoms with van der Waals surface area (Å²) in [6.45, 7) is 7.71. The number of hydrogen-bond donors (Lipinski definition) is 1. The van der Waals surface area contributed by atoms with Gasteiger partial charge in [0.25, 0.3) is 0 Å². The molecule has 0 aromatic carbocycles. The highest BCUT2D eigenvalue weighted by molar-refractivity contribution is 7.09. The first-order valence-corrected chi connectivity index (χ1v) is 6.01. The van der Waals surface area contributed by atoms with Crippen molar-refractivity contribution >= 4 is 11.3 Å². The molecule has 1 rings (SSSR count). The average molecular weight is 212 g/mol. The van der Waals surface area contributed by atoms with Crippen LogP contribution in [0.25, 0.3) is 0 Å². The van der Waals surface area contributed by atoms with Crippen LogP contribution in [0.15, 0.2) is 5.38 Å². The number of hydrogen-bond acceptors (Lipinski definition) is 3. The second-order valence-electron chi connectivity index (χ2n) is 4.60. The van der Waals surface area contributed by atoms with Crippen molar-refractivity contribution in [3.63, 3.8) is 0 Å². The Balaban J connectivity index is 2.51. The highest BCUT2D eigenvalue weighted by atomic mass is 32.1. The molecule has 0 saturated heterocycles. The Morgan fingerprint density at radius 2 is 2.14 bits per heavy atom. The fourth-order valence-electron chi connectivity index (χ4n) is 1.21. The zero-order valence-corrected chi connectivity index (χ0v) is 10.4. The van der Waals surface area contributed by atoms with Gasteiger partial charge in [0.05, 0.1) is 10.7 Å². The van der Waals surface area contributed by atoms with E-state index in [1.807, 2.05) is 7.05 Å². The fourth-order valence-corrected chi connectivity index (χ4v) is 2.15. The third-order valence-electron chi connectivity index (χ3n) is 2.05. The number of thiazole rings is 1. The van der Waals surface area contributed by atoms with E-state index in [1.165, 1.54) is 17.1 Å². The molecule has 2 nitrogen and oxygen atoms in total. The van der Waals surface area contributed by atoms with Crippen molar-refractivity contribution in [1.29, 1.82) is 0 Å². The van der Waals surface area contributed by atoms with Crippen LogP contribution < -0.4 is 5.32 Å². The molecule has 0 aliphatic carbocycles. The first-order valence-electron chi connectivity index (χ1n) is 5.13. The number of nitrogens with one attached hydrogen (secondary N) is 1. The first kappa shape index (κ1) is 11.7. The summed E-state index contributed by atoms with van der Waals surface area (Å²) in [6.07, 6.45) is 2.26. The molecule has 1 aromatic heterocycles. The van der Waals surface area contributed by atoms with Crippen LogP contribution in [0.5, 0.6) is 0 Å². The lowest BCUT2D eigenvalue weighted by molar-refractivity contribution is 0.581. The van der Waals surface area contributed by atoms with E-state index in [4.69, 9.17) is 0 Å². The second-order valence-corrected chi connectivity index (χ2v) is 5.46. The van der Waals surface area contributed by atoms with Crippen LogP contribution in [0, 0.1) is 0 Å². The van der Waals surface area contributed by atoms with E-state index in [-0.39, 0.29) is 5.41 Å². The van der Waals surface area contributed by atoms with Crippen molar-refractivity contribution in [3.05, 3.63) is 16.1 Å². The minimum absolute atomic E-state index is 0.200. The summed E-state index contributed by atoms with van der Waals surface area (Å²) in [5.74, 6) is 0. The summed E-state index contributed by atoms with van der Waals surface area (Å²) in [6, 6.07) is 0. The van der Waals surface area contributed by atoms with Gasteiger partial charge in [-0.25, -0.2) is 4.98 Å². The predicted octanol–water partition coefficient (Wildman–Crippen LogP) is 2.59. The topological polar surface area (TPSA) is 24.9 Å². The minimum Gasteiger partial charge on any atom is -0.320 e. The molecular weight excluding hydrogens is 192 g/mol. The van der Waals surface area contributed by atoms with E-state index in [9.17, 15) is 0 Å². The molecule has 1 aromatic rings. The van der Waals surface area contributed by atoms with E-state index in [0.29, 0.717) is 0 Å². The summed E-state index contributed by atoms with van der Waals surface area (Å²) < 4.78 is 0. The molecule has 0 fully saturated rings. The van der Waals surface area contributed by atoms with Crippen molar-refractivity contribution in [2.75, 3.05) is 13.6 Å². The van der Waals surface area contributed by atoms with Crippen LogP contribution in [0.1, 0.15) is 37.9 Å². The van der Waals surface area contributed by atoms with E-state index in [1.54, 1.807) is 11.3 Å². The maximum atomic E-state index is 4.64. The Bertz CT molecular complexity index is 273. The van der Waals surface area contributed by atoms with Crippen LogP contribution in [0.4, 0.5) is 0 Å². The fraction of sp³-hybridized carbons (Fsp3) is 0.727. The van der Waals surface area contributed by atoms with E-state index in [0.717, 1.165) is 13.0 Å². The van der Waals surface area contributed by atoms with Gasteiger partial charge in [-0.2, -0.15) is 0 Å². The van der Waals surface area contributed by atoms with E-state index >= 15 is 0 Å². The van der Waals surface area contributed by atoms with Crippen LogP contribution in [0.2, 0.25) is 0 Å². The Labute approximate surface area is 90.8 Å². The quantitative estimate of drug-likeness (QED) is 0.776. The Morgan fingerprint density at radius 3 is 2.64 bits per heavy atom. The number of rotatable bonds is 4. The molecule has 0 atom stereocenters. The van der Waals surface area contributed by atoms with Crippen molar-refractivity contribution in [3.8, 4) is 0 Å².